The fourth-order valence-corrected chi connectivity index (χ4v) is 11.9. The van der Waals surface area contributed by atoms with E-state index in [2.05, 4.69) is 208 Å². The summed E-state index contributed by atoms with van der Waals surface area (Å²) in [6.07, 6.45) is 5.78. The first-order valence-corrected chi connectivity index (χ1v) is 22.3. The maximum Gasteiger partial charge on any atom is 0.133 e. The van der Waals surface area contributed by atoms with Crippen molar-refractivity contribution in [2.75, 3.05) is 0 Å². The number of hydrogen-bond acceptors (Lipinski definition) is 2. The van der Waals surface area contributed by atoms with E-state index in [0.29, 0.717) is 5.92 Å². The number of amidine groups is 1. The predicted molar refractivity (Wildman–Crippen MR) is 261 cm³/mol. The minimum absolute atomic E-state index is 0.106. The average Bonchev–Trinajstić information content (AvgIpc) is 3.83. The lowest BCUT2D eigenvalue weighted by Crippen LogP contribution is -2.36. The van der Waals surface area contributed by atoms with E-state index in [1.807, 2.05) is 0 Å². The Bertz CT molecular complexity index is 3550. The third-order valence-electron chi connectivity index (χ3n) is 15.0. The van der Waals surface area contributed by atoms with E-state index in [1.165, 1.54) is 110 Å². The molecule has 1 unspecified atom stereocenters. The highest BCUT2D eigenvalue weighted by atomic mass is 15.1. The van der Waals surface area contributed by atoms with Crippen LogP contribution in [0.2, 0.25) is 0 Å². The predicted octanol–water partition coefficient (Wildman–Crippen LogP) is 14.4. The molecule has 8 aromatic carbocycles. The lowest BCUT2D eigenvalue weighted by atomic mass is 9.81. The summed E-state index contributed by atoms with van der Waals surface area (Å²) in [5, 5.41) is 11.7. The van der Waals surface area contributed by atoms with Gasteiger partial charge in [0.15, 0.2) is 0 Å². The van der Waals surface area contributed by atoms with Crippen molar-refractivity contribution in [2.45, 2.75) is 57.9 Å². The van der Waals surface area contributed by atoms with Gasteiger partial charge in [0.05, 0.1) is 16.7 Å². The fraction of sp³-hybridized carbons (Fsp3) is 0.169. The molecule has 0 fully saturated rings. The number of benzene rings is 8. The quantitative estimate of drug-likeness (QED) is 0.190. The van der Waals surface area contributed by atoms with E-state index in [0.717, 1.165) is 17.8 Å². The van der Waals surface area contributed by atoms with Crippen LogP contribution in [0.25, 0.3) is 71.8 Å². The number of fused-ring (bicyclic) bond motifs is 12. The first kappa shape index (κ1) is 35.8. The van der Waals surface area contributed by atoms with E-state index in [1.54, 1.807) is 0 Å². The minimum Gasteiger partial charge on any atom is -0.342 e. The highest BCUT2D eigenvalue weighted by molar-refractivity contribution is 6.23. The first-order valence-electron chi connectivity index (χ1n) is 22.3. The van der Waals surface area contributed by atoms with Crippen molar-refractivity contribution in [3.05, 3.63) is 208 Å². The third kappa shape index (κ3) is 4.79. The van der Waals surface area contributed by atoms with Crippen molar-refractivity contribution >= 4 is 60.8 Å². The molecule has 2 heterocycles. The largest absolute Gasteiger partial charge is 0.342 e. The van der Waals surface area contributed by atoms with Crippen LogP contribution in [-0.4, -0.2) is 10.4 Å². The first-order chi connectivity index (χ1) is 30.2. The van der Waals surface area contributed by atoms with Gasteiger partial charge in [0.2, 0.25) is 0 Å². The number of aromatic nitrogens is 1. The van der Waals surface area contributed by atoms with E-state index < -0.39 is 0 Å². The summed E-state index contributed by atoms with van der Waals surface area (Å²) in [5.74, 6) is 1.34. The monoisotopic (exact) mass is 797 g/mol. The molecule has 1 aromatic heterocycles. The van der Waals surface area contributed by atoms with Crippen LogP contribution in [0.3, 0.4) is 0 Å². The van der Waals surface area contributed by atoms with Gasteiger partial charge in [0.1, 0.15) is 11.9 Å². The number of nitrogens with one attached hydrogen (secondary N) is 1. The van der Waals surface area contributed by atoms with E-state index in [9.17, 15) is 0 Å². The van der Waals surface area contributed by atoms with Crippen LogP contribution in [0.5, 0.6) is 0 Å². The Morgan fingerprint density at radius 2 is 1.29 bits per heavy atom. The second-order valence-electron chi connectivity index (χ2n) is 19.2. The average molecular weight is 798 g/mol. The minimum atomic E-state index is -0.226. The summed E-state index contributed by atoms with van der Waals surface area (Å²) >= 11 is 0. The Morgan fingerprint density at radius 1 is 0.597 bits per heavy atom. The summed E-state index contributed by atoms with van der Waals surface area (Å²) < 4.78 is 2.57. The normalized spacial score (nSPS) is 19.0. The molecule has 13 rings (SSSR count). The van der Waals surface area contributed by atoms with E-state index in [4.69, 9.17) is 4.99 Å². The molecule has 298 valence electrons. The van der Waals surface area contributed by atoms with Gasteiger partial charge >= 0.3 is 0 Å². The Kier molecular flexibility index (Phi) is 7.24. The summed E-state index contributed by atoms with van der Waals surface area (Å²) in [5.41, 5.74) is 19.1. The maximum absolute atomic E-state index is 5.85. The SMILES string of the molecule is C[C@H]1C=Cc2c(C3N=C(c4ccc5c(c4)C(C)(C)c4ccccc4-5)NC4=C3c3ccccc3C4(C)C)ccc(-n3c4cc5ccccc5cc4c4c5ccccc5ccc43)c2C1. The van der Waals surface area contributed by atoms with Crippen molar-refractivity contribution in [2.24, 2.45) is 10.9 Å². The molecule has 3 heteroatoms. The molecule has 0 bridgehead atoms. The van der Waals surface area contributed by atoms with Gasteiger partial charge in [0, 0.05) is 38.4 Å². The zero-order valence-electron chi connectivity index (χ0n) is 35.8. The highest BCUT2D eigenvalue weighted by Gasteiger charge is 2.44. The molecule has 0 amide bonds. The molecule has 1 aliphatic heterocycles. The van der Waals surface area contributed by atoms with Crippen LogP contribution in [0, 0.1) is 5.92 Å². The summed E-state index contributed by atoms with van der Waals surface area (Å²) in [7, 11) is 0. The van der Waals surface area contributed by atoms with Gasteiger partial charge in [-0.1, -0.05) is 168 Å². The standard InChI is InChI=1S/C59H47N3/c1-34-22-25-40-43(27-29-50(45(40)30-34)62-51-28-24-35-14-8-9-17-39(35)53(51)46-31-36-15-6-7-16-37(36)33-52(46)62)55-54-44-19-11-13-21-48(44)59(4,5)56(54)61-57(60-55)38-23-26-42-41-18-10-12-20-47(41)58(2,3)49(42)32-38/h6-29,31-34,55H,30H2,1-5H3,(H,60,61)/t34-,55?/m0/s1. The van der Waals surface area contributed by atoms with E-state index in [-0.39, 0.29) is 16.9 Å². The molecule has 3 aliphatic carbocycles. The van der Waals surface area contributed by atoms with Gasteiger partial charge in [-0.25, -0.2) is 0 Å². The number of hydrogen-bond donors (Lipinski definition) is 1. The van der Waals surface area contributed by atoms with Crippen LogP contribution < -0.4 is 5.32 Å². The van der Waals surface area contributed by atoms with Gasteiger partial charge in [-0.3, -0.25) is 4.99 Å². The van der Waals surface area contributed by atoms with Gasteiger partial charge in [-0.05, 0) is 114 Å². The molecule has 0 saturated heterocycles. The van der Waals surface area contributed by atoms with Crippen molar-refractivity contribution < 1.29 is 0 Å². The van der Waals surface area contributed by atoms with Crippen LogP contribution >= 0.6 is 0 Å². The lowest BCUT2D eigenvalue weighted by Gasteiger charge is -2.33. The second kappa shape index (κ2) is 12.6. The molecule has 0 radical (unpaired) electrons. The maximum atomic E-state index is 5.85. The Morgan fingerprint density at radius 3 is 2.11 bits per heavy atom. The van der Waals surface area contributed by atoms with Crippen LogP contribution in [0.4, 0.5) is 0 Å². The van der Waals surface area contributed by atoms with Gasteiger partial charge in [-0.15, -0.1) is 0 Å². The summed E-state index contributed by atoms with van der Waals surface area (Å²) in [4.78, 5) is 5.85. The van der Waals surface area contributed by atoms with Crippen molar-refractivity contribution in [1.82, 2.24) is 9.88 Å². The van der Waals surface area contributed by atoms with Gasteiger partial charge in [-0.2, -0.15) is 0 Å². The third-order valence-corrected chi connectivity index (χ3v) is 15.0. The van der Waals surface area contributed by atoms with Gasteiger partial charge in [0.25, 0.3) is 0 Å². The van der Waals surface area contributed by atoms with Crippen LogP contribution in [0.15, 0.2) is 168 Å². The zero-order chi connectivity index (χ0) is 41.6. The molecule has 2 atom stereocenters. The van der Waals surface area contributed by atoms with Crippen LogP contribution in [-0.2, 0) is 17.3 Å². The highest BCUT2D eigenvalue weighted by Crippen LogP contribution is 2.54. The lowest BCUT2D eigenvalue weighted by molar-refractivity contribution is 0.605. The molecule has 62 heavy (non-hydrogen) atoms. The van der Waals surface area contributed by atoms with E-state index >= 15 is 0 Å². The molecule has 4 aliphatic rings. The summed E-state index contributed by atoms with van der Waals surface area (Å²) in [6, 6.07) is 56.7. The molecule has 0 saturated carbocycles. The summed E-state index contributed by atoms with van der Waals surface area (Å²) in [6.45, 7) is 11.8. The Labute approximate surface area is 362 Å². The number of allylic oxidation sites excluding steroid dienone is 2. The Balaban J connectivity index is 1.05. The molecular weight excluding hydrogens is 751 g/mol. The smallest absolute Gasteiger partial charge is 0.133 e. The second-order valence-corrected chi connectivity index (χ2v) is 19.2. The van der Waals surface area contributed by atoms with Crippen molar-refractivity contribution in [3.8, 4) is 16.8 Å². The molecule has 1 N–H and O–H groups in total. The van der Waals surface area contributed by atoms with Crippen molar-refractivity contribution in [3.63, 3.8) is 0 Å². The fourth-order valence-electron chi connectivity index (χ4n) is 11.9. The number of nitrogens with zero attached hydrogens (tertiary/aromatic N) is 2. The van der Waals surface area contributed by atoms with Crippen molar-refractivity contribution in [1.29, 1.82) is 0 Å². The number of rotatable bonds is 3. The molecular formula is C59H47N3. The van der Waals surface area contributed by atoms with Gasteiger partial charge < -0.3 is 9.88 Å². The molecule has 0 spiro atoms. The van der Waals surface area contributed by atoms with Crippen LogP contribution in [0.1, 0.15) is 85.2 Å². The zero-order valence-corrected chi connectivity index (χ0v) is 35.8. The molecule has 3 nitrogen and oxygen atoms in total. The topological polar surface area (TPSA) is 29.3 Å². The molecule has 9 aromatic rings. The Hall–Kier alpha value is -6.97. The number of aliphatic imine (C=N–C) groups is 1.